The molecule has 2 aromatic heterocycles. The molecule has 8 heteroatoms. The van der Waals surface area contributed by atoms with Crippen molar-refractivity contribution in [2.45, 2.75) is 42.9 Å². The van der Waals surface area contributed by atoms with Gasteiger partial charge in [-0.25, -0.2) is 0 Å². The summed E-state index contributed by atoms with van der Waals surface area (Å²) in [7, 11) is 0. The summed E-state index contributed by atoms with van der Waals surface area (Å²) >= 11 is 3.05. The van der Waals surface area contributed by atoms with Crippen LogP contribution in [0.3, 0.4) is 0 Å². The van der Waals surface area contributed by atoms with Crippen molar-refractivity contribution in [3.63, 3.8) is 0 Å². The fraction of sp³-hybridized carbons (Fsp3) is 0.636. The Morgan fingerprint density at radius 1 is 1.16 bits per heavy atom. The van der Waals surface area contributed by atoms with Crippen LogP contribution in [-0.2, 0) is 16.9 Å². The van der Waals surface area contributed by atoms with Crippen LogP contribution in [-0.4, -0.2) is 26.6 Å². The van der Waals surface area contributed by atoms with Crippen LogP contribution in [0.25, 0.3) is 0 Å². The van der Waals surface area contributed by atoms with E-state index in [9.17, 15) is 0 Å². The van der Waals surface area contributed by atoms with E-state index in [2.05, 4.69) is 20.3 Å². The van der Waals surface area contributed by atoms with Gasteiger partial charge in [-0.2, -0.15) is 16.7 Å². The number of hydrogen-bond donors (Lipinski definition) is 0. The van der Waals surface area contributed by atoms with Crippen molar-refractivity contribution >= 4 is 23.5 Å². The van der Waals surface area contributed by atoms with Crippen molar-refractivity contribution in [3.8, 4) is 0 Å². The van der Waals surface area contributed by atoms with Crippen molar-refractivity contribution < 1.29 is 8.94 Å². The third kappa shape index (κ3) is 3.97. The van der Waals surface area contributed by atoms with Gasteiger partial charge in [0.15, 0.2) is 5.82 Å². The number of hydrogen-bond acceptors (Lipinski definition) is 8. The summed E-state index contributed by atoms with van der Waals surface area (Å²) in [4.78, 5) is 4.35. The van der Waals surface area contributed by atoms with E-state index >= 15 is 0 Å². The highest BCUT2D eigenvalue weighted by atomic mass is 32.2. The van der Waals surface area contributed by atoms with E-state index in [4.69, 9.17) is 8.94 Å². The fourth-order valence-electron chi connectivity index (χ4n) is 1.22. The Morgan fingerprint density at radius 2 is 1.95 bits per heavy atom. The van der Waals surface area contributed by atoms with Gasteiger partial charge in [0.25, 0.3) is 5.22 Å². The van der Waals surface area contributed by atoms with Crippen LogP contribution in [0.15, 0.2) is 14.2 Å². The standard InChI is InChI=1S/C11H16N4O2S2/c1-11(2,3)9-12-7(15-17-9)5-19-10-14-13-8(16-10)6-18-4/h5-6H2,1-4H3. The molecular formula is C11H16N4O2S2. The maximum atomic E-state index is 5.45. The quantitative estimate of drug-likeness (QED) is 0.780. The average molecular weight is 300 g/mol. The molecule has 0 radical (unpaired) electrons. The van der Waals surface area contributed by atoms with Gasteiger partial charge in [0, 0.05) is 5.41 Å². The summed E-state index contributed by atoms with van der Waals surface area (Å²) in [6.07, 6.45) is 1.99. The van der Waals surface area contributed by atoms with Crippen molar-refractivity contribution in [1.29, 1.82) is 0 Å². The maximum absolute atomic E-state index is 5.45. The molecule has 0 fully saturated rings. The predicted octanol–water partition coefficient (Wildman–Crippen LogP) is 2.91. The van der Waals surface area contributed by atoms with E-state index in [1.807, 2.05) is 27.0 Å². The third-order valence-corrected chi connectivity index (χ3v) is 3.50. The lowest BCUT2D eigenvalue weighted by Crippen LogP contribution is -2.11. The van der Waals surface area contributed by atoms with Gasteiger partial charge in [-0.05, 0) is 6.26 Å². The molecule has 6 nitrogen and oxygen atoms in total. The molecule has 104 valence electrons. The van der Waals surface area contributed by atoms with Crippen LogP contribution in [0.5, 0.6) is 0 Å². The molecule has 0 N–H and O–H groups in total. The molecule has 0 spiro atoms. The van der Waals surface area contributed by atoms with E-state index in [0.717, 1.165) is 5.75 Å². The lowest BCUT2D eigenvalue weighted by atomic mass is 9.97. The summed E-state index contributed by atoms with van der Waals surface area (Å²) in [6, 6.07) is 0. The van der Waals surface area contributed by atoms with Crippen molar-refractivity contribution in [2.24, 2.45) is 0 Å². The molecule has 0 saturated heterocycles. The van der Waals surface area contributed by atoms with Gasteiger partial charge in [-0.15, -0.1) is 10.2 Å². The normalized spacial score (nSPS) is 12.0. The average Bonchev–Trinajstić information content (AvgIpc) is 2.94. The molecule has 0 unspecified atom stereocenters. The van der Waals surface area contributed by atoms with Crippen molar-refractivity contribution in [3.05, 3.63) is 17.6 Å². The molecule has 2 aromatic rings. The van der Waals surface area contributed by atoms with Crippen LogP contribution < -0.4 is 0 Å². The van der Waals surface area contributed by atoms with E-state index in [1.165, 1.54) is 11.8 Å². The molecule has 2 heterocycles. The number of thioether (sulfide) groups is 2. The summed E-state index contributed by atoms with van der Waals surface area (Å²) < 4.78 is 10.7. The molecule has 2 rings (SSSR count). The second kappa shape index (κ2) is 5.96. The highest BCUT2D eigenvalue weighted by Crippen LogP contribution is 2.24. The topological polar surface area (TPSA) is 77.8 Å². The zero-order valence-electron chi connectivity index (χ0n) is 11.3. The first kappa shape index (κ1) is 14.4. The first-order chi connectivity index (χ1) is 8.99. The molecule has 0 amide bonds. The molecule has 0 bridgehead atoms. The minimum atomic E-state index is -0.133. The van der Waals surface area contributed by atoms with Crippen molar-refractivity contribution in [2.75, 3.05) is 6.26 Å². The first-order valence-electron chi connectivity index (χ1n) is 5.76. The molecule has 0 aliphatic carbocycles. The Balaban J connectivity index is 1.93. The molecule has 19 heavy (non-hydrogen) atoms. The first-order valence-corrected chi connectivity index (χ1v) is 8.14. The second-order valence-electron chi connectivity index (χ2n) is 4.95. The minimum Gasteiger partial charge on any atom is -0.415 e. The third-order valence-electron chi connectivity index (χ3n) is 2.15. The molecule has 0 aromatic carbocycles. The maximum Gasteiger partial charge on any atom is 0.277 e. The molecule has 0 atom stereocenters. The van der Waals surface area contributed by atoms with Crippen molar-refractivity contribution in [1.82, 2.24) is 20.3 Å². The highest BCUT2D eigenvalue weighted by molar-refractivity contribution is 7.98. The van der Waals surface area contributed by atoms with Gasteiger partial charge >= 0.3 is 0 Å². The Morgan fingerprint density at radius 3 is 2.58 bits per heavy atom. The molecule has 0 aliphatic heterocycles. The zero-order valence-corrected chi connectivity index (χ0v) is 13.0. The highest BCUT2D eigenvalue weighted by Gasteiger charge is 2.21. The number of rotatable bonds is 5. The smallest absolute Gasteiger partial charge is 0.277 e. The summed E-state index contributed by atoms with van der Waals surface area (Å²) in [5.74, 6) is 3.19. The van der Waals surface area contributed by atoms with Crippen LogP contribution in [0.2, 0.25) is 0 Å². The summed E-state index contributed by atoms with van der Waals surface area (Å²) in [6.45, 7) is 6.10. The van der Waals surface area contributed by atoms with E-state index in [0.29, 0.717) is 28.6 Å². The fourth-order valence-corrected chi connectivity index (χ4v) is 2.21. The van der Waals surface area contributed by atoms with Gasteiger partial charge in [-0.3, -0.25) is 0 Å². The lowest BCUT2D eigenvalue weighted by molar-refractivity contribution is 0.319. The Bertz CT molecular complexity index is 533. The predicted molar refractivity (Wildman–Crippen MR) is 74.1 cm³/mol. The van der Waals surface area contributed by atoms with Gasteiger partial charge < -0.3 is 8.94 Å². The Labute approximate surface area is 120 Å². The van der Waals surface area contributed by atoms with E-state index in [-0.39, 0.29) is 5.41 Å². The van der Waals surface area contributed by atoms with Crippen LogP contribution in [0, 0.1) is 0 Å². The van der Waals surface area contributed by atoms with E-state index < -0.39 is 0 Å². The van der Waals surface area contributed by atoms with Gasteiger partial charge in [-0.1, -0.05) is 37.7 Å². The molecular weight excluding hydrogens is 284 g/mol. The van der Waals surface area contributed by atoms with Crippen LogP contribution >= 0.6 is 23.5 Å². The Hall–Kier alpha value is -1.02. The van der Waals surface area contributed by atoms with Gasteiger partial charge in [0.1, 0.15) is 0 Å². The van der Waals surface area contributed by atoms with Gasteiger partial charge in [0.2, 0.25) is 11.8 Å². The SMILES string of the molecule is CSCc1nnc(SCc2noc(C(C)(C)C)n2)o1. The number of nitrogens with zero attached hydrogens (tertiary/aromatic N) is 4. The lowest BCUT2D eigenvalue weighted by Gasteiger charge is -2.10. The van der Waals surface area contributed by atoms with Crippen LogP contribution in [0.4, 0.5) is 0 Å². The van der Waals surface area contributed by atoms with E-state index in [1.54, 1.807) is 11.8 Å². The number of aromatic nitrogens is 4. The van der Waals surface area contributed by atoms with Crippen LogP contribution in [0.1, 0.15) is 38.4 Å². The van der Waals surface area contributed by atoms with Gasteiger partial charge in [0.05, 0.1) is 11.5 Å². The zero-order chi connectivity index (χ0) is 13.9. The Kier molecular flexibility index (Phi) is 4.51. The monoisotopic (exact) mass is 300 g/mol. The second-order valence-corrected chi connectivity index (χ2v) is 6.74. The minimum absolute atomic E-state index is 0.133. The molecule has 0 aliphatic rings. The summed E-state index contributed by atoms with van der Waals surface area (Å²) in [5.41, 5.74) is -0.133. The largest absolute Gasteiger partial charge is 0.415 e. The summed E-state index contributed by atoms with van der Waals surface area (Å²) in [5, 5.41) is 12.4. The molecule has 0 saturated carbocycles.